The van der Waals surface area contributed by atoms with Crippen molar-refractivity contribution in [2.24, 2.45) is 0 Å². The second-order valence-corrected chi connectivity index (χ2v) is 24.5. The van der Waals surface area contributed by atoms with E-state index < -0.39 is 0 Å². The van der Waals surface area contributed by atoms with Crippen LogP contribution < -0.4 is 0 Å². The van der Waals surface area contributed by atoms with E-state index in [9.17, 15) is 15.8 Å². The summed E-state index contributed by atoms with van der Waals surface area (Å²) in [4.78, 5) is 16.9. The Morgan fingerprint density at radius 2 is 0.510 bits per heavy atom. The number of nitriles is 3. The topological polar surface area (TPSA) is 120 Å². The van der Waals surface area contributed by atoms with Gasteiger partial charge < -0.3 is 9.13 Å². The zero-order valence-electron chi connectivity index (χ0n) is 52.8. The average molecular weight is 1250 g/mol. The van der Waals surface area contributed by atoms with Crippen molar-refractivity contribution in [3.8, 4) is 142 Å². The van der Waals surface area contributed by atoms with Crippen LogP contribution in [0.4, 0.5) is 0 Å². The average Bonchev–Trinajstić information content (AvgIpc) is 1.61. The van der Waals surface area contributed by atoms with E-state index in [1.165, 1.54) is 0 Å². The molecule has 0 spiro atoms. The van der Waals surface area contributed by atoms with Gasteiger partial charge in [0.2, 0.25) is 0 Å². The fourth-order valence-corrected chi connectivity index (χ4v) is 13.9. The summed E-state index contributed by atoms with van der Waals surface area (Å²) in [6.07, 6.45) is 0. The lowest BCUT2D eigenvalue weighted by atomic mass is 9.96. The molecule has 0 aliphatic heterocycles. The third kappa shape index (κ3) is 10.6. The SMILES string of the molecule is N#Cc1ccc(-c2ccc(-n3c4ccc(-c5ccccc5)cc4c4cc(-c5ccccc5)ccc43)cc2-c2nc(-c3cccc(-c4cccc(C#N)c4)c3)nc(-c3cc(-n4c5ccc(-c6ccccc6)cc5c5cc(-c6ccccc6)ccc54)ccc3-c3ccc(C#N)cc3)n2)cc1. The van der Waals surface area contributed by atoms with E-state index >= 15 is 0 Å². The van der Waals surface area contributed by atoms with Gasteiger partial charge in [0, 0.05) is 49.6 Å². The minimum Gasteiger partial charge on any atom is -0.309 e. The Morgan fingerprint density at radius 1 is 0.204 bits per heavy atom. The van der Waals surface area contributed by atoms with Crippen molar-refractivity contribution in [1.82, 2.24) is 24.1 Å². The quantitative estimate of drug-likeness (QED) is 0.120. The van der Waals surface area contributed by atoms with Crippen molar-refractivity contribution < 1.29 is 0 Å². The molecule has 8 heteroatoms. The molecule has 0 saturated heterocycles. The van der Waals surface area contributed by atoms with Gasteiger partial charge in [0.25, 0.3) is 0 Å². The van der Waals surface area contributed by atoms with Crippen molar-refractivity contribution in [1.29, 1.82) is 15.8 Å². The highest BCUT2D eigenvalue weighted by Gasteiger charge is 2.24. The van der Waals surface area contributed by atoms with Crippen LogP contribution in [-0.2, 0) is 0 Å². The highest BCUT2D eigenvalue weighted by molar-refractivity contribution is 6.13. The number of fused-ring (bicyclic) bond motifs is 6. The summed E-state index contributed by atoms with van der Waals surface area (Å²) in [7, 11) is 0. The molecule has 454 valence electrons. The lowest BCUT2D eigenvalue weighted by Crippen LogP contribution is -2.04. The van der Waals surface area contributed by atoms with E-state index in [0.717, 1.165) is 150 Å². The highest BCUT2D eigenvalue weighted by Crippen LogP contribution is 2.44. The predicted molar refractivity (Wildman–Crippen MR) is 397 cm³/mol. The number of hydrogen-bond donors (Lipinski definition) is 0. The maximum atomic E-state index is 10.1. The smallest absolute Gasteiger partial charge is 0.164 e. The first-order valence-corrected chi connectivity index (χ1v) is 32.5. The van der Waals surface area contributed by atoms with Crippen LogP contribution in [0.15, 0.2) is 328 Å². The van der Waals surface area contributed by atoms with Gasteiger partial charge in [-0.2, -0.15) is 15.8 Å². The Kier molecular flexibility index (Phi) is 14.5. The van der Waals surface area contributed by atoms with Gasteiger partial charge >= 0.3 is 0 Å². The zero-order valence-corrected chi connectivity index (χ0v) is 52.8. The van der Waals surface area contributed by atoms with Crippen LogP contribution in [-0.4, -0.2) is 24.1 Å². The summed E-state index contributed by atoms with van der Waals surface area (Å²) >= 11 is 0. The van der Waals surface area contributed by atoms with Crippen molar-refractivity contribution in [2.75, 3.05) is 0 Å². The molecule has 0 atom stereocenters. The Balaban J connectivity index is 0.934. The molecule has 0 amide bonds. The Morgan fingerprint density at radius 3 is 0.878 bits per heavy atom. The summed E-state index contributed by atoms with van der Waals surface area (Å²) in [6, 6.07) is 120. The van der Waals surface area contributed by atoms with Crippen LogP contribution in [0.1, 0.15) is 16.7 Å². The zero-order chi connectivity index (χ0) is 65.6. The van der Waals surface area contributed by atoms with Crippen LogP contribution in [0, 0.1) is 34.0 Å². The summed E-state index contributed by atoms with van der Waals surface area (Å²) < 4.78 is 4.68. The van der Waals surface area contributed by atoms with Gasteiger partial charge in [-0.05, 0) is 193 Å². The minimum atomic E-state index is 0.413. The fourth-order valence-electron chi connectivity index (χ4n) is 13.9. The maximum Gasteiger partial charge on any atom is 0.164 e. The molecule has 0 aliphatic carbocycles. The van der Waals surface area contributed by atoms with Crippen LogP contribution in [0.3, 0.4) is 0 Å². The van der Waals surface area contributed by atoms with E-state index in [1.807, 2.05) is 115 Å². The third-order valence-corrected chi connectivity index (χ3v) is 18.7. The lowest BCUT2D eigenvalue weighted by Gasteiger charge is -2.18. The number of hydrogen-bond acceptors (Lipinski definition) is 6. The highest BCUT2D eigenvalue weighted by atomic mass is 15.0. The van der Waals surface area contributed by atoms with Crippen LogP contribution in [0.25, 0.3) is 167 Å². The first-order chi connectivity index (χ1) is 48.4. The fraction of sp³-hybridized carbons (Fsp3) is 0. The molecule has 3 heterocycles. The number of rotatable bonds is 12. The van der Waals surface area contributed by atoms with Crippen molar-refractivity contribution in [2.45, 2.75) is 0 Å². The van der Waals surface area contributed by atoms with Gasteiger partial charge in [-0.1, -0.05) is 212 Å². The van der Waals surface area contributed by atoms with E-state index in [1.54, 1.807) is 0 Å². The molecule has 0 unspecified atom stereocenters. The molecule has 0 N–H and O–H groups in total. The molecule has 17 rings (SSSR count). The van der Waals surface area contributed by atoms with Gasteiger partial charge in [0.05, 0.1) is 57.0 Å². The lowest BCUT2D eigenvalue weighted by molar-refractivity contribution is 1.07. The van der Waals surface area contributed by atoms with Gasteiger partial charge in [-0.3, -0.25) is 0 Å². The molecule has 0 bridgehead atoms. The standard InChI is InChI=1S/C90H54N8/c91-55-58-27-31-65(32-28-58)76-41-39-74(97-84-43-35-69(61-16-5-1-6-17-61)49-78(84)79-50-70(36-44-85(79)97)62-18-7-2-8-19-62)53-82(76)89-94-88(73-26-14-25-68(48-73)67-24-13-15-60(47-67)57-93)95-90(96-89)83-54-75(40-42-77(83)66-33-29-59(56-92)30-34-66)98-86-45-37-71(63-20-9-3-10-21-63)51-80(86)81-52-72(38-46-87(81)98)64-22-11-4-12-23-64/h1-54H. The molecule has 17 aromatic rings. The molecule has 0 aliphatic rings. The van der Waals surface area contributed by atoms with Gasteiger partial charge in [-0.15, -0.1) is 0 Å². The Labute approximate surface area is 566 Å². The van der Waals surface area contributed by atoms with Crippen LogP contribution >= 0.6 is 0 Å². The predicted octanol–water partition coefficient (Wildman–Crippen LogP) is 22.4. The molecular weight excluding hydrogens is 1190 g/mol. The third-order valence-electron chi connectivity index (χ3n) is 18.7. The van der Waals surface area contributed by atoms with E-state index in [2.05, 4.69) is 240 Å². The second kappa shape index (κ2) is 24.6. The van der Waals surface area contributed by atoms with E-state index in [0.29, 0.717) is 34.2 Å². The van der Waals surface area contributed by atoms with Gasteiger partial charge in [0.1, 0.15) is 0 Å². The second-order valence-electron chi connectivity index (χ2n) is 24.5. The number of nitrogens with zero attached hydrogens (tertiary/aromatic N) is 8. The van der Waals surface area contributed by atoms with E-state index in [-0.39, 0.29) is 0 Å². The molecular formula is C90H54N8. The van der Waals surface area contributed by atoms with Crippen LogP contribution in [0.2, 0.25) is 0 Å². The van der Waals surface area contributed by atoms with Crippen LogP contribution in [0.5, 0.6) is 0 Å². The van der Waals surface area contributed by atoms with Crippen molar-refractivity contribution >= 4 is 43.6 Å². The molecule has 0 saturated carbocycles. The summed E-state index contributed by atoms with van der Waals surface area (Å²) in [5.41, 5.74) is 23.9. The monoisotopic (exact) mass is 1250 g/mol. The number of aromatic nitrogens is 5. The largest absolute Gasteiger partial charge is 0.309 e. The Bertz CT molecular complexity index is 5590. The minimum absolute atomic E-state index is 0.413. The van der Waals surface area contributed by atoms with Gasteiger partial charge in [-0.25, -0.2) is 15.0 Å². The maximum absolute atomic E-state index is 10.1. The van der Waals surface area contributed by atoms with Crippen molar-refractivity contribution in [3.63, 3.8) is 0 Å². The molecule has 0 fully saturated rings. The molecule has 14 aromatic carbocycles. The van der Waals surface area contributed by atoms with E-state index in [4.69, 9.17) is 15.0 Å². The van der Waals surface area contributed by atoms with Gasteiger partial charge in [0.15, 0.2) is 17.5 Å². The number of benzene rings is 14. The summed E-state index contributed by atoms with van der Waals surface area (Å²) in [5, 5.41) is 34.7. The Hall–Kier alpha value is -13.8. The first kappa shape index (κ1) is 58.0. The van der Waals surface area contributed by atoms with Crippen molar-refractivity contribution in [3.05, 3.63) is 344 Å². The molecule has 8 nitrogen and oxygen atoms in total. The molecule has 0 radical (unpaired) electrons. The normalized spacial score (nSPS) is 11.2. The molecule has 98 heavy (non-hydrogen) atoms. The summed E-state index contributed by atoms with van der Waals surface area (Å²) in [5.74, 6) is 1.25. The first-order valence-electron chi connectivity index (χ1n) is 32.5. The summed E-state index contributed by atoms with van der Waals surface area (Å²) in [6.45, 7) is 0. The molecule has 3 aromatic heterocycles.